The molecule has 0 aliphatic heterocycles. The van der Waals surface area contributed by atoms with Crippen molar-refractivity contribution < 1.29 is 4.90 Å². The number of halogens is 1. The molecule has 0 aliphatic rings. The molecule has 1 unspecified atom stereocenters. The molecule has 0 saturated carbocycles. The molecule has 2 N–H and O–H groups in total. The first-order valence-electron chi connectivity index (χ1n) is 8.51. The number of H-pyrrole nitrogens is 1. The van der Waals surface area contributed by atoms with E-state index in [4.69, 9.17) is 11.6 Å². The maximum absolute atomic E-state index is 12.2. The van der Waals surface area contributed by atoms with E-state index in [0.717, 1.165) is 6.54 Å². The van der Waals surface area contributed by atoms with Crippen LogP contribution in [-0.4, -0.2) is 17.0 Å². The van der Waals surface area contributed by atoms with Crippen molar-refractivity contribution in [1.82, 2.24) is 9.97 Å². The van der Waals surface area contributed by atoms with Crippen LogP contribution in [0.4, 0.5) is 0 Å². The highest BCUT2D eigenvalue weighted by atomic mass is 35.5. The van der Waals surface area contributed by atoms with Crippen molar-refractivity contribution in [2.45, 2.75) is 32.9 Å². The molecule has 0 spiro atoms. The van der Waals surface area contributed by atoms with Gasteiger partial charge in [-0.25, -0.2) is 4.98 Å². The third kappa shape index (κ3) is 4.27. The van der Waals surface area contributed by atoms with E-state index in [2.05, 4.69) is 55.1 Å². The number of rotatable bonds is 5. The largest absolute Gasteiger partial charge is 0.327 e. The second-order valence-electron chi connectivity index (χ2n) is 6.88. The molecule has 0 saturated heterocycles. The molecule has 4 nitrogen and oxygen atoms in total. The molecule has 5 heteroatoms. The van der Waals surface area contributed by atoms with Crippen LogP contribution in [0.5, 0.6) is 0 Å². The van der Waals surface area contributed by atoms with Gasteiger partial charge in [0.15, 0.2) is 5.82 Å². The SMILES string of the molecule is CC(C)c1ccc(C[NH+](C)Cc2nc3cc(Cl)ccc3c(=O)[nH]2)cc1. The number of benzene rings is 2. The maximum Gasteiger partial charge on any atom is 0.258 e. The Balaban J connectivity index is 1.75. The quantitative estimate of drug-likeness (QED) is 0.738. The fourth-order valence-electron chi connectivity index (χ4n) is 2.96. The average Bonchev–Trinajstić information content (AvgIpc) is 2.54. The highest BCUT2D eigenvalue weighted by Crippen LogP contribution is 2.15. The summed E-state index contributed by atoms with van der Waals surface area (Å²) in [7, 11) is 2.10. The lowest BCUT2D eigenvalue weighted by Crippen LogP contribution is -3.06. The summed E-state index contributed by atoms with van der Waals surface area (Å²) >= 11 is 6.01. The molecule has 0 fully saturated rings. The molecular weight excluding hydrogens is 334 g/mol. The van der Waals surface area contributed by atoms with Crippen molar-refractivity contribution in [3.63, 3.8) is 0 Å². The summed E-state index contributed by atoms with van der Waals surface area (Å²) in [5.41, 5.74) is 3.14. The Bertz CT molecular complexity index is 932. The fraction of sp³-hybridized carbons (Fsp3) is 0.300. The Hall–Kier alpha value is -2.17. The van der Waals surface area contributed by atoms with E-state index in [1.807, 2.05) is 0 Å². The van der Waals surface area contributed by atoms with Crippen molar-refractivity contribution in [2.75, 3.05) is 7.05 Å². The number of nitrogens with zero attached hydrogens (tertiary/aromatic N) is 1. The molecule has 3 aromatic rings. The third-order valence-electron chi connectivity index (χ3n) is 4.34. The first-order valence-corrected chi connectivity index (χ1v) is 8.89. The summed E-state index contributed by atoms with van der Waals surface area (Å²) in [5.74, 6) is 1.22. The van der Waals surface area contributed by atoms with Crippen LogP contribution in [0.2, 0.25) is 5.02 Å². The number of aromatic nitrogens is 2. The molecule has 0 amide bonds. The summed E-state index contributed by atoms with van der Waals surface area (Å²) in [6.45, 7) is 5.90. The van der Waals surface area contributed by atoms with Crippen LogP contribution in [0.25, 0.3) is 10.9 Å². The monoisotopic (exact) mass is 356 g/mol. The predicted octanol–water partition coefficient (Wildman–Crippen LogP) is 2.91. The van der Waals surface area contributed by atoms with Gasteiger partial charge in [0.25, 0.3) is 5.56 Å². The van der Waals surface area contributed by atoms with Gasteiger partial charge in [-0.1, -0.05) is 49.7 Å². The number of nitrogens with one attached hydrogen (secondary N) is 2. The first-order chi connectivity index (χ1) is 11.9. The number of hydrogen-bond donors (Lipinski definition) is 2. The van der Waals surface area contributed by atoms with E-state index in [1.165, 1.54) is 16.0 Å². The van der Waals surface area contributed by atoms with Gasteiger partial charge in [-0.15, -0.1) is 0 Å². The van der Waals surface area contributed by atoms with Crippen molar-refractivity contribution in [1.29, 1.82) is 0 Å². The van der Waals surface area contributed by atoms with E-state index in [9.17, 15) is 4.79 Å². The maximum atomic E-state index is 12.2. The summed E-state index contributed by atoms with van der Waals surface area (Å²) in [6, 6.07) is 13.9. The Morgan fingerprint density at radius 1 is 1.12 bits per heavy atom. The molecular formula is C20H23ClN3O+. The zero-order valence-electron chi connectivity index (χ0n) is 14.8. The summed E-state index contributed by atoms with van der Waals surface area (Å²) < 4.78 is 0. The van der Waals surface area contributed by atoms with Gasteiger partial charge in [0.05, 0.1) is 18.0 Å². The van der Waals surface area contributed by atoms with Gasteiger partial charge in [-0.3, -0.25) is 4.79 Å². The van der Waals surface area contributed by atoms with Crippen LogP contribution in [0.3, 0.4) is 0 Å². The lowest BCUT2D eigenvalue weighted by molar-refractivity contribution is -0.908. The minimum atomic E-state index is -0.120. The average molecular weight is 357 g/mol. The molecule has 2 aromatic carbocycles. The Morgan fingerprint density at radius 2 is 1.84 bits per heavy atom. The topological polar surface area (TPSA) is 50.2 Å². The lowest BCUT2D eigenvalue weighted by Gasteiger charge is -2.14. The fourth-order valence-corrected chi connectivity index (χ4v) is 3.13. The summed E-state index contributed by atoms with van der Waals surface area (Å²) in [4.78, 5) is 20.9. The van der Waals surface area contributed by atoms with Gasteiger partial charge < -0.3 is 9.88 Å². The van der Waals surface area contributed by atoms with E-state index in [1.54, 1.807) is 18.2 Å². The van der Waals surface area contributed by atoms with Gasteiger partial charge in [0.2, 0.25) is 0 Å². The first kappa shape index (κ1) is 17.6. The van der Waals surface area contributed by atoms with Gasteiger partial charge >= 0.3 is 0 Å². The highest BCUT2D eigenvalue weighted by molar-refractivity contribution is 6.31. The van der Waals surface area contributed by atoms with Crippen LogP contribution in [0.1, 0.15) is 36.7 Å². The number of fused-ring (bicyclic) bond motifs is 1. The summed E-state index contributed by atoms with van der Waals surface area (Å²) in [5, 5.41) is 1.15. The third-order valence-corrected chi connectivity index (χ3v) is 4.57. The van der Waals surface area contributed by atoms with Gasteiger partial charge in [0.1, 0.15) is 13.1 Å². The molecule has 1 atom stereocenters. The Labute approximate surface area is 152 Å². The minimum Gasteiger partial charge on any atom is -0.327 e. The second-order valence-corrected chi connectivity index (χ2v) is 7.32. The summed E-state index contributed by atoms with van der Waals surface area (Å²) in [6.07, 6.45) is 0. The van der Waals surface area contributed by atoms with Gasteiger partial charge in [-0.2, -0.15) is 0 Å². The zero-order chi connectivity index (χ0) is 18.0. The lowest BCUT2D eigenvalue weighted by atomic mass is 10.0. The Kier molecular flexibility index (Phi) is 5.21. The van der Waals surface area contributed by atoms with Gasteiger partial charge in [0, 0.05) is 10.6 Å². The normalized spacial score (nSPS) is 12.7. The van der Waals surface area contributed by atoms with Crippen LogP contribution in [-0.2, 0) is 13.1 Å². The van der Waals surface area contributed by atoms with Crippen molar-refractivity contribution in [2.24, 2.45) is 0 Å². The smallest absolute Gasteiger partial charge is 0.258 e. The van der Waals surface area contributed by atoms with Crippen LogP contribution < -0.4 is 10.5 Å². The van der Waals surface area contributed by atoms with Crippen LogP contribution >= 0.6 is 11.6 Å². The Morgan fingerprint density at radius 3 is 2.52 bits per heavy atom. The van der Waals surface area contributed by atoms with E-state index in [0.29, 0.717) is 34.2 Å². The van der Waals surface area contributed by atoms with E-state index in [-0.39, 0.29) is 5.56 Å². The molecule has 1 heterocycles. The van der Waals surface area contributed by atoms with E-state index < -0.39 is 0 Å². The zero-order valence-corrected chi connectivity index (χ0v) is 15.5. The van der Waals surface area contributed by atoms with Crippen molar-refractivity contribution >= 4 is 22.5 Å². The standard InChI is InChI=1S/C20H22ClN3O/c1-13(2)15-6-4-14(5-7-15)11-24(3)12-19-22-18-10-16(21)8-9-17(18)20(25)23-19/h4-10,13H,11-12H2,1-3H3,(H,22,23,25)/p+1. The predicted molar refractivity (Wildman–Crippen MR) is 102 cm³/mol. The second kappa shape index (κ2) is 7.38. The molecule has 1 aromatic heterocycles. The van der Waals surface area contributed by atoms with E-state index >= 15 is 0 Å². The number of aromatic amines is 1. The van der Waals surface area contributed by atoms with Crippen LogP contribution in [0, 0.1) is 0 Å². The number of hydrogen-bond acceptors (Lipinski definition) is 2. The van der Waals surface area contributed by atoms with Crippen molar-refractivity contribution in [3.8, 4) is 0 Å². The molecule has 0 aliphatic carbocycles. The molecule has 130 valence electrons. The van der Waals surface area contributed by atoms with Gasteiger partial charge in [-0.05, 0) is 29.7 Å². The van der Waals surface area contributed by atoms with Crippen molar-refractivity contribution in [3.05, 3.63) is 74.8 Å². The molecule has 0 radical (unpaired) electrons. The highest BCUT2D eigenvalue weighted by Gasteiger charge is 2.10. The molecule has 3 rings (SSSR count). The number of quaternary nitrogens is 1. The minimum absolute atomic E-state index is 0.120. The van der Waals surface area contributed by atoms with Crippen LogP contribution in [0.15, 0.2) is 47.3 Å². The molecule has 0 bridgehead atoms. The molecule has 25 heavy (non-hydrogen) atoms.